The first kappa shape index (κ1) is 22.4. The first-order valence-corrected chi connectivity index (χ1v) is 10.1. The number of hydrogen-bond donors (Lipinski definition) is 1. The van der Waals surface area contributed by atoms with Crippen LogP contribution in [0.3, 0.4) is 0 Å². The molecule has 154 valence electrons. The molecule has 0 spiro atoms. The molecule has 0 aliphatic carbocycles. The van der Waals surface area contributed by atoms with Gasteiger partial charge in [-0.3, -0.25) is 19.7 Å². The third-order valence-electron chi connectivity index (χ3n) is 4.26. The van der Waals surface area contributed by atoms with Crippen LogP contribution in [0.15, 0.2) is 47.4 Å². The topological polar surface area (TPSA) is 98.5 Å². The maximum absolute atomic E-state index is 12.5. The van der Waals surface area contributed by atoms with Crippen LogP contribution < -0.4 is 5.32 Å². The van der Waals surface area contributed by atoms with Gasteiger partial charge < -0.3 is 10.1 Å². The Bertz CT molecular complexity index is 896. The molecule has 2 rings (SSSR count). The van der Waals surface area contributed by atoms with Crippen molar-refractivity contribution in [1.29, 1.82) is 0 Å². The largest absolute Gasteiger partial charge is 0.452 e. The summed E-state index contributed by atoms with van der Waals surface area (Å²) in [6.07, 6.45) is -0.945. The van der Waals surface area contributed by atoms with E-state index in [1.165, 1.54) is 30.8 Å². The van der Waals surface area contributed by atoms with Crippen LogP contribution >= 0.6 is 11.8 Å². The molecule has 0 heterocycles. The van der Waals surface area contributed by atoms with Gasteiger partial charge in [0, 0.05) is 22.7 Å². The fourth-order valence-electron chi connectivity index (χ4n) is 2.66. The monoisotopic (exact) mass is 416 g/mol. The third kappa shape index (κ3) is 6.32. The number of anilines is 1. The second-order valence-electron chi connectivity index (χ2n) is 6.85. The maximum atomic E-state index is 12.5. The zero-order valence-electron chi connectivity index (χ0n) is 16.8. The maximum Gasteiger partial charge on any atom is 0.317 e. The van der Waals surface area contributed by atoms with Gasteiger partial charge in [0.25, 0.3) is 11.6 Å². The van der Waals surface area contributed by atoms with Crippen LogP contribution in [0.25, 0.3) is 0 Å². The van der Waals surface area contributed by atoms with Crippen LogP contribution in [-0.2, 0) is 14.3 Å². The number of carbonyl (C=O) groups excluding carboxylic acids is 2. The number of non-ortho nitro benzene ring substituents is 1. The molecule has 0 aromatic heterocycles. The van der Waals surface area contributed by atoms with Gasteiger partial charge in [-0.2, -0.15) is 0 Å². The van der Waals surface area contributed by atoms with Crippen LogP contribution in [0.5, 0.6) is 0 Å². The van der Waals surface area contributed by atoms with E-state index in [2.05, 4.69) is 5.32 Å². The van der Waals surface area contributed by atoms with E-state index in [0.29, 0.717) is 4.90 Å². The van der Waals surface area contributed by atoms with Gasteiger partial charge in [0.1, 0.15) is 0 Å². The van der Waals surface area contributed by atoms with Gasteiger partial charge in [0.05, 0.1) is 10.7 Å². The minimum atomic E-state index is -0.945. The second-order valence-corrected chi connectivity index (χ2v) is 7.90. The van der Waals surface area contributed by atoms with E-state index in [1.54, 1.807) is 12.1 Å². The standard InChI is InChI=1S/C21H24N2O5S/c1-13(2)18-7-5-6-14(3)20(18)22-21(25)15(4)28-19(24)12-29-17-10-8-16(9-11-17)23(26)27/h5-11,13,15H,12H2,1-4H3,(H,22,25)/t15-/m1/s1. The van der Waals surface area contributed by atoms with E-state index < -0.39 is 22.9 Å². The first-order valence-electron chi connectivity index (χ1n) is 9.16. The van der Waals surface area contributed by atoms with Gasteiger partial charge in [-0.05, 0) is 43.0 Å². The minimum Gasteiger partial charge on any atom is -0.452 e. The second kappa shape index (κ2) is 10.1. The number of aryl methyl sites for hydroxylation is 1. The zero-order valence-corrected chi connectivity index (χ0v) is 17.6. The quantitative estimate of drug-likeness (QED) is 0.290. The Balaban J connectivity index is 1.91. The molecule has 8 heteroatoms. The van der Waals surface area contributed by atoms with Crippen molar-refractivity contribution in [1.82, 2.24) is 0 Å². The Hall–Kier alpha value is -2.87. The summed E-state index contributed by atoms with van der Waals surface area (Å²) in [6.45, 7) is 7.53. The van der Waals surface area contributed by atoms with Crippen LogP contribution in [0.1, 0.15) is 37.8 Å². The van der Waals surface area contributed by atoms with Crippen molar-refractivity contribution in [3.8, 4) is 0 Å². The van der Waals surface area contributed by atoms with Crippen molar-refractivity contribution in [2.75, 3.05) is 11.1 Å². The van der Waals surface area contributed by atoms with E-state index in [9.17, 15) is 19.7 Å². The molecule has 7 nitrogen and oxygen atoms in total. The average molecular weight is 416 g/mol. The van der Waals surface area contributed by atoms with Crippen LogP contribution in [-0.4, -0.2) is 28.7 Å². The molecule has 1 N–H and O–H groups in total. The lowest BCUT2D eigenvalue weighted by atomic mass is 9.98. The molecule has 0 aliphatic rings. The molecule has 0 unspecified atom stereocenters. The number of hydrogen-bond acceptors (Lipinski definition) is 6. The predicted octanol–water partition coefficient (Wildman–Crippen LogP) is 4.69. The van der Waals surface area contributed by atoms with Crippen LogP contribution in [0.2, 0.25) is 0 Å². The van der Waals surface area contributed by atoms with Gasteiger partial charge >= 0.3 is 5.97 Å². The average Bonchev–Trinajstić information content (AvgIpc) is 2.67. The molecular weight excluding hydrogens is 392 g/mol. The van der Waals surface area contributed by atoms with Gasteiger partial charge in [-0.15, -0.1) is 11.8 Å². The summed E-state index contributed by atoms with van der Waals surface area (Å²) in [6, 6.07) is 11.7. The Kier molecular flexibility index (Phi) is 7.78. The van der Waals surface area contributed by atoms with E-state index in [1.807, 2.05) is 39.0 Å². The van der Waals surface area contributed by atoms with Gasteiger partial charge in [-0.1, -0.05) is 32.0 Å². The summed E-state index contributed by atoms with van der Waals surface area (Å²) < 4.78 is 5.23. The Morgan fingerprint density at radius 3 is 2.38 bits per heavy atom. The number of esters is 1. The van der Waals surface area contributed by atoms with Crippen LogP contribution in [0.4, 0.5) is 11.4 Å². The number of rotatable bonds is 8. The van der Waals surface area contributed by atoms with Crippen molar-refractivity contribution in [2.24, 2.45) is 0 Å². The molecule has 2 aromatic carbocycles. The number of nitrogens with one attached hydrogen (secondary N) is 1. The minimum absolute atomic E-state index is 0.00294. The highest BCUT2D eigenvalue weighted by molar-refractivity contribution is 8.00. The zero-order chi connectivity index (χ0) is 21.6. The number of ether oxygens (including phenoxy) is 1. The molecule has 0 bridgehead atoms. The van der Waals surface area contributed by atoms with E-state index in [0.717, 1.165) is 16.8 Å². The first-order chi connectivity index (χ1) is 13.7. The smallest absolute Gasteiger partial charge is 0.317 e. The normalized spacial score (nSPS) is 11.8. The number of carbonyl (C=O) groups is 2. The highest BCUT2D eigenvalue weighted by Gasteiger charge is 2.20. The fraction of sp³-hybridized carbons (Fsp3) is 0.333. The van der Waals surface area contributed by atoms with Crippen LogP contribution in [0, 0.1) is 17.0 Å². The number of para-hydroxylation sites is 1. The Labute approximate surface area is 174 Å². The number of nitro benzene ring substituents is 1. The van der Waals surface area contributed by atoms with Crippen molar-refractivity contribution in [3.63, 3.8) is 0 Å². The summed E-state index contributed by atoms with van der Waals surface area (Å²) in [7, 11) is 0. The van der Waals surface area contributed by atoms with Gasteiger partial charge in [-0.25, -0.2) is 0 Å². The third-order valence-corrected chi connectivity index (χ3v) is 5.24. The number of nitrogens with zero attached hydrogens (tertiary/aromatic N) is 1. The lowest BCUT2D eigenvalue weighted by Gasteiger charge is -2.19. The molecule has 0 saturated carbocycles. The lowest BCUT2D eigenvalue weighted by molar-refractivity contribution is -0.384. The molecule has 29 heavy (non-hydrogen) atoms. The number of thioether (sulfide) groups is 1. The molecule has 1 atom stereocenters. The predicted molar refractivity (Wildman–Crippen MR) is 113 cm³/mol. The molecule has 0 saturated heterocycles. The Morgan fingerprint density at radius 2 is 1.79 bits per heavy atom. The Morgan fingerprint density at radius 1 is 1.14 bits per heavy atom. The molecular formula is C21H24N2O5S. The molecule has 0 radical (unpaired) electrons. The van der Waals surface area contributed by atoms with Gasteiger partial charge in [0.15, 0.2) is 6.10 Å². The summed E-state index contributed by atoms with van der Waals surface area (Å²) in [5.74, 6) is -0.697. The van der Waals surface area contributed by atoms with E-state index in [-0.39, 0.29) is 17.4 Å². The summed E-state index contributed by atoms with van der Waals surface area (Å²) >= 11 is 1.19. The number of amides is 1. The van der Waals surface area contributed by atoms with Crippen molar-refractivity contribution in [3.05, 3.63) is 63.7 Å². The fourth-order valence-corrected chi connectivity index (χ4v) is 3.34. The van der Waals surface area contributed by atoms with Crippen molar-refractivity contribution >= 4 is 35.0 Å². The summed E-state index contributed by atoms with van der Waals surface area (Å²) in [5.41, 5.74) is 2.69. The van der Waals surface area contributed by atoms with Gasteiger partial charge in [0.2, 0.25) is 0 Å². The molecule has 0 aliphatic heterocycles. The molecule has 0 fully saturated rings. The van der Waals surface area contributed by atoms with Crippen molar-refractivity contribution < 1.29 is 19.2 Å². The van der Waals surface area contributed by atoms with E-state index in [4.69, 9.17) is 4.74 Å². The summed E-state index contributed by atoms with van der Waals surface area (Å²) in [4.78, 5) is 35.4. The SMILES string of the molecule is Cc1cccc(C(C)C)c1NC(=O)[C@@H](C)OC(=O)CSc1ccc([N+](=O)[O-])cc1. The number of benzene rings is 2. The highest BCUT2D eigenvalue weighted by atomic mass is 32.2. The highest BCUT2D eigenvalue weighted by Crippen LogP contribution is 2.27. The van der Waals surface area contributed by atoms with E-state index >= 15 is 0 Å². The lowest BCUT2D eigenvalue weighted by Crippen LogP contribution is -2.31. The molecule has 1 amide bonds. The summed E-state index contributed by atoms with van der Waals surface area (Å²) in [5, 5.41) is 13.5. The van der Waals surface area contributed by atoms with Crippen molar-refractivity contribution in [2.45, 2.75) is 44.6 Å². The number of nitro groups is 1. The molecule has 2 aromatic rings.